The van der Waals surface area contributed by atoms with E-state index in [0.29, 0.717) is 5.88 Å². The Bertz CT molecular complexity index is 874. The molecule has 0 bridgehead atoms. The van der Waals surface area contributed by atoms with E-state index in [2.05, 4.69) is 25.3 Å². The van der Waals surface area contributed by atoms with Crippen molar-refractivity contribution in [1.82, 2.24) is 24.3 Å². The molecule has 24 heavy (non-hydrogen) atoms. The van der Waals surface area contributed by atoms with Gasteiger partial charge in [-0.2, -0.15) is 4.98 Å². The maximum atomic E-state index is 5.37. The van der Waals surface area contributed by atoms with Gasteiger partial charge in [0.25, 0.3) is 0 Å². The molecule has 1 aliphatic rings. The van der Waals surface area contributed by atoms with Crippen molar-refractivity contribution in [2.24, 2.45) is 5.92 Å². The van der Waals surface area contributed by atoms with Crippen LogP contribution < -0.4 is 14.8 Å². The highest BCUT2D eigenvalue weighted by Gasteiger charge is 2.22. The number of ether oxygens (including phenoxy) is 2. The molecular weight excluding hydrogens is 308 g/mol. The first-order chi connectivity index (χ1) is 11.8. The quantitative estimate of drug-likeness (QED) is 0.741. The monoisotopic (exact) mass is 326 g/mol. The van der Waals surface area contributed by atoms with Gasteiger partial charge in [0.15, 0.2) is 11.5 Å². The Morgan fingerprint density at radius 2 is 2.04 bits per heavy atom. The molecule has 8 heteroatoms. The maximum Gasteiger partial charge on any atom is 0.319 e. The van der Waals surface area contributed by atoms with Crippen LogP contribution in [0.2, 0.25) is 0 Å². The minimum Gasteiger partial charge on any atom is -0.480 e. The number of anilines is 1. The Morgan fingerprint density at radius 3 is 2.79 bits per heavy atom. The van der Waals surface area contributed by atoms with Gasteiger partial charge in [-0.05, 0) is 18.8 Å². The van der Waals surface area contributed by atoms with Crippen molar-refractivity contribution in [3.8, 4) is 23.1 Å². The smallest absolute Gasteiger partial charge is 0.319 e. The normalized spacial score (nSPS) is 13.9. The van der Waals surface area contributed by atoms with Crippen molar-refractivity contribution in [1.29, 1.82) is 0 Å². The highest BCUT2D eigenvalue weighted by molar-refractivity contribution is 5.72. The van der Waals surface area contributed by atoms with E-state index >= 15 is 0 Å². The van der Waals surface area contributed by atoms with Gasteiger partial charge in [-0.1, -0.05) is 0 Å². The average Bonchev–Trinajstić information content (AvgIpc) is 3.36. The van der Waals surface area contributed by atoms with Crippen LogP contribution in [0.15, 0.2) is 24.8 Å². The molecule has 3 aromatic rings. The fraction of sp³-hybridized carbons (Fsp3) is 0.375. The predicted molar refractivity (Wildman–Crippen MR) is 88.3 cm³/mol. The van der Waals surface area contributed by atoms with Gasteiger partial charge >= 0.3 is 6.01 Å². The van der Waals surface area contributed by atoms with Crippen molar-refractivity contribution >= 4 is 11.5 Å². The molecule has 0 atom stereocenters. The Hall–Kier alpha value is -2.90. The fourth-order valence-electron chi connectivity index (χ4n) is 2.59. The molecule has 0 amide bonds. The largest absolute Gasteiger partial charge is 0.480 e. The summed E-state index contributed by atoms with van der Waals surface area (Å²) in [6, 6.07) is 0.262. The third-order valence-corrected chi connectivity index (χ3v) is 4.07. The summed E-state index contributed by atoms with van der Waals surface area (Å²) in [6.07, 6.45) is 9.64. The summed E-state index contributed by atoms with van der Waals surface area (Å²) < 4.78 is 12.4. The highest BCUT2D eigenvalue weighted by Crippen LogP contribution is 2.31. The first-order valence-electron chi connectivity index (χ1n) is 7.81. The molecule has 0 aliphatic heterocycles. The van der Waals surface area contributed by atoms with Crippen LogP contribution in [0.5, 0.6) is 11.9 Å². The van der Waals surface area contributed by atoms with E-state index in [4.69, 9.17) is 9.47 Å². The molecule has 0 unspecified atom stereocenters. The zero-order valence-electron chi connectivity index (χ0n) is 13.6. The summed E-state index contributed by atoms with van der Waals surface area (Å²) >= 11 is 0. The van der Waals surface area contributed by atoms with Crippen LogP contribution in [0.4, 0.5) is 5.82 Å². The second-order valence-corrected chi connectivity index (χ2v) is 5.72. The topological polar surface area (TPSA) is 86.5 Å². The number of fused-ring (bicyclic) bond motifs is 1. The summed E-state index contributed by atoms with van der Waals surface area (Å²) in [5, 5.41) is 3.38. The van der Waals surface area contributed by atoms with E-state index in [9.17, 15) is 0 Å². The van der Waals surface area contributed by atoms with Gasteiger partial charge in [0.1, 0.15) is 0 Å². The molecule has 1 fully saturated rings. The molecule has 3 aromatic heterocycles. The molecule has 4 rings (SSSR count). The third-order valence-electron chi connectivity index (χ3n) is 4.07. The minimum atomic E-state index is 0.262. The molecule has 1 aliphatic carbocycles. The summed E-state index contributed by atoms with van der Waals surface area (Å²) in [5.41, 5.74) is 2.34. The number of hydrogen-bond donors (Lipinski definition) is 1. The van der Waals surface area contributed by atoms with E-state index in [1.807, 2.05) is 10.6 Å². The Morgan fingerprint density at radius 1 is 1.17 bits per heavy atom. The molecule has 1 N–H and O–H groups in total. The van der Waals surface area contributed by atoms with E-state index < -0.39 is 0 Å². The lowest BCUT2D eigenvalue weighted by Gasteiger charge is -2.09. The number of imidazole rings is 1. The van der Waals surface area contributed by atoms with Crippen LogP contribution in [0.25, 0.3) is 16.9 Å². The fourth-order valence-corrected chi connectivity index (χ4v) is 2.59. The van der Waals surface area contributed by atoms with Gasteiger partial charge in [0.05, 0.1) is 31.7 Å². The molecule has 0 radical (unpaired) electrons. The minimum absolute atomic E-state index is 0.262. The van der Waals surface area contributed by atoms with Crippen molar-refractivity contribution in [2.75, 3.05) is 26.1 Å². The second-order valence-electron chi connectivity index (χ2n) is 5.72. The second kappa shape index (κ2) is 5.95. The summed E-state index contributed by atoms with van der Waals surface area (Å²) in [5.74, 6) is 1.98. The average molecular weight is 326 g/mol. The van der Waals surface area contributed by atoms with Crippen molar-refractivity contribution in [3.05, 3.63) is 24.8 Å². The number of aromatic nitrogens is 5. The van der Waals surface area contributed by atoms with Crippen molar-refractivity contribution in [3.63, 3.8) is 0 Å². The zero-order valence-corrected chi connectivity index (χ0v) is 13.6. The van der Waals surface area contributed by atoms with Crippen molar-refractivity contribution in [2.45, 2.75) is 12.8 Å². The molecule has 0 aromatic carbocycles. The first kappa shape index (κ1) is 14.7. The third kappa shape index (κ3) is 2.60. The van der Waals surface area contributed by atoms with E-state index in [1.165, 1.54) is 20.0 Å². The van der Waals surface area contributed by atoms with Crippen LogP contribution in [-0.4, -0.2) is 45.1 Å². The molecular formula is C16H18N6O2. The van der Waals surface area contributed by atoms with Gasteiger partial charge < -0.3 is 14.8 Å². The molecule has 3 heterocycles. The number of rotatable bonds is 6. The summed E-state index contributed by atoms with van der Waals surface area (Å²) in [7, 11) is 3.09. The number of methoxy groups -OCH3 is 2. The van der Waals surface area contributed by atoms with E-state index in [-0.39, 0.29) is 6.01 Å². The van der Waals surface area contributed by atoms with Gasteiger partial charge in [-0.3, -0.25) is 4.40 Å². The van der Waals surface area contributed by atoms with Gasteiger partial charge in [0.2, 0.25) is 5.88 Å². The number of nitrogens with zero attached hydrogens (tertiary/aromatic N) is 5. The Labute approximate surface area is 138 Å². The van der Waals surface area contributed by atoms with Gasteiger partial charge in [0, 0.05) is 25.1 Å². The zero-order chi connectivity index (χ0) is 16.5. The van der Waals surface area contributed by atoms with Crippen molar-refractivity contribution < 1.29 is 9.47 Å². The van der Waals surface area contributed by atoms with Gasteiger partial charge in [-0.25, -0.2) is 15.0 Å². The predicted octanol–water partition coefficient (Wildman–Crippen LogP) is 2.03. The standard InChI is InChI=1S/C16H18N6O2/c1-23-15-11(8-20-16(21-15)24-2)12-9-19-14-13(17-5-6-22(12)14)18-7-10-3-4-10/h5-6,8-10H,3-4,7H2,1-2H3,(H,17,18). The molecule has 124 valence electrons. The van der Waals surface area contributed by atoms with E-state index in [1.54, 1.807) is 25.7 Å². The number of nitrogens with one attached hydrogen (secondary N) is 1. The molecule has 0 spiro atoms. The highest BCUT2D eigenvalue weighted by atomic mass is 16.5. The van der Waals surface area contributed by atoms with E-state index in [0.717, 1.165) is 35.2 Å². The first-order valence-corrected chi connectivity index (χ1v) is 7.81. The van der Waals surface area contributed by atoms with Crippen LogP contribution in [0.1, 0.15) is 12.8 Å². The molecule has 8 nitrogen and oxygen atoms in total. The Kier molecular flexibility index (Phi) is 3.64. The van der Waals surface area contributed by atoms with Crippen LogP contribution >= 0.6 is 0 Å². The lowest BCUT2D eigenvalue weighted by Crippen LogP contribution is -2.07. The number of hydrogen-bond acceptors (Lipinski definition) is 7. The molecule has 1 saturated carbocycles. The van der Waals surface area contributed by atoms with Gasteiger partial charge in [-0.15, -0.1) is 0 Å². The lowest BCUT2D eigenvalue weighted by molar-refractivity contribution is 0.353. The Balaban J connectivity index is 1.76. The maximum absolute atomic E-state index is 5.37. The van der Waals surface area contributed by atoms with Crippen LogP contribution in [0.3, 0.4) is 0 Å². The molecule has 0 saturated heterocycles. The SMILES string of the molecule is COc1ncc(-c2cnc3c(NCC4CC4)nccn23)c(OC)n1. The summed E-state index contributed by atoms with van der Waals surface area (Å²) in [6.45, 7) is 0.934. The summed E-state index contributed by atoms with van der Waals surface area (Å²) in [4.78, 5) is 17.3. The lowest BCUT2D eigenvalue weighted by atomic mass is 10.2. The van der Waals surface area contributed by atoms with Crippen LogP contribution in [0, 0.1) is 5.92 Å². The van der Waals surface area contributed by atoms with Crippen LogP contribution in [-0.2, 0) is 0 Å².